The minimum Gasteiger partial charge on any atom is -0.370 e. The number of carbonyl (C=O) groups is 1. The van der Waals surface area contributed by atoms with Crippen LogP contribution in [0, 0.1) is 5.41 Å². The smallest absolute Gasteiger partial charge is 0.253 e. The standard InChI is InChI=1S/C24H27Cl2N7O2/c25-19-11-28-23(29-16-3-5-17(6-4-16)33-9-10-35-13-20(33)34)30-21(19)18-12-32(31-22(18)26)15-24(14-27)7-1-2-8-24/h3-6,11-12H,1-2,7-10,13-15,27H2,(H,28,29,30). The van der Waals surface area contributed by atoms with Crippen LogP contribution in [0.2, 0.25) is 10.2 Å². The summed E-state index contributed by atoms with van der Waals surface area (Å²) in [5, 5.41) is 8.41. The number of morpholine rings is 1. The molecule has 1 aliphatic carbocycles. The Morgan fingerprint density at radius 3 is 2.66 bits per heavy atom. The predicted octanol–water partition coefficient (Wildman–Crippen LogP) is 4.27. The van der Waals surface area contributed by atoms with Gasteiger partial charge in [0.2, 0.25) is 5.95 Å². The minimum atomic E-state index is -0.0506. The lowest BCUT2D eigenvalue weighted by molar-refractivity contribution is -0.125. The van der Waals surface area contributed by atoms with E-state index in [1.807, 2.05) is 35.1 Å². The first-order valence-electron chi connectivity index (χ1n) is 11.7. The zero-order chi connectivity index (χ0) is 24.4. The summed E-state index contributed by atoms with van der Waals surface area (Å²) in [4.78, 5) is 22.7. The predicted molar refractivity (Wildman–Crippen MR) is 136 cm³/mol. The molecular formula is C24H27Cl2N7O2. The summed E-state index contributed by atoms with van der Waals surface area (Å²) < 4.78 is 7.05. The Balaban J connectivity index is 1.34. The first kappa shape index (κ1) is 24.0. The van der Waals surface area contributed by atoms with Gasteiger partial charge in [-0.1, -0.05) is 36.0 Å². The first-order valence-corrected chi connectivity index (χ1v) is 12.4. The van der Waals surface area contributed by atoms with Gasteiger partial charge in [-0.05, 0) is 43.7 Å². The fourth-order valence-electron chi connectivity index (χ4n) is 4.79. The van der Waals surface area contributed by atoms with E-state index in [0.717, 1.165) is 30.8 Å². The molecule has 3 N–H and O–H groups in total. The van der Waals surface area contributed by atoms with Crippen molar-refractivity contribution in [3.8, 4) is 11.3 Å². The monoisotopic (exact) mass is 515 g/mol. The molecule has 9 nitrogen and oxygen atoms in total. The molecule has 2 fully saturated rings. The van der Waals surface area contributed by atoms with Crippen molar-refractivity contribution in [2.24, 2.45) is 11.1 Å². The molecule has 2 aromatic heterocycles. The van der Waals surface area contributed by atoms with Gasteiger partial charge in [0, 0.05) is 36.1 Å². The molecule has 0 atom stereocenters. The largest absolute Gasteiger partial charge is 0.370 e. The minimum absolute atomic E-state index is 0.0506. The van der Waals surface area contributed by atoms with Crippen LogP contribution in [0.1, 0.15) is 25.7 Å². The lowest BCUT2D eigenvalue weighted by Gasteiger charge is -2.26. The van der Waals surface area contributed by atoms with Gasteiger partial charge in [0.05, 0.1) is 29.1 Å². The average molecular weight is 516 g/mol. The summed E-state index contributed by atoms with van der Waals surface area (Å²) in [7, 11) is 0. The number of hydrogen-bond donors (Lipinski definition) is 2. The summed E-state index contributed by atoms with van der Waals surface area (Å²) in [6, 6.07) is 7.49. The van der Waals surface area contributed by atoms with Crippen LogP contribution < -0.4 is 16.0 Å². The molecule has 1 saturated carbocycles. The van der Waals surface area contributed by atoms with E-state index >= 15 is 0 Å². The molecule has 0 spiro atoms. The van der Waals surface area contributed by atoms with Gasteiger partial charge in [0.1, 0.15) is 6.61 Å². The summed E-state index contributed by atoms with van der Waals surface area (Å²) >= 11 is 12.9. The number of benzene rings is 1. The van der Waals surface area contributed by atoms with E-state index in [-0.39, 0.29) is 17.9 Å². The normalized spacial score (nSPS) is 17.7. The van der Waals surface area contributed by atoms with Crippen LogP contribution in [0.5, 0.6) is 0 Å². The molecule has 1 aromatic carbocycles. The Hall–Kier alpha value is -2.72. The number of nitrogens with zero attached hydrogens (tertiary/aromatic N) is 5. The fourth-order valence-corrected chi connectivity index (χ4v) is 5.22. The highest BCUT2D eigenvalue weighted by Crippen LogP contribution is 2.39. The highest BCUT2D eigenvalue weighted by molar-refractivity contribution is 6.35. The van der Waals surface area contributed by atoms with Gasteiger partial charge < -0.3 is 20.7 Å². The first-order chi connectivity index (χ1) is 17.0. The molecule has 2 aliphatic rings. The SMILES string of the molecule is NCC1(Cn2cc(-c3nc(Nc4ccc(N5CCOCC5=O)cc4)ncc3Cl)c(Cl)n2)CCCC1. The second-order valence-corrected chi connectivity index (χ2v) is 9.87. The van der Waals surface area contributed by atoms with Gasteiger partial charge in [-0.15, -0.1) is 0 Å². The summed E-state index contributed by atoms with van der Waals surface area (Å²) in [5.74, 6) is 0.322. The van der Waals surface area contributed by atoms with Gasteiger partial charge in [0.25, 0.3) is 5.91 Å². The number of nitrogens with two attached hydrogens (primary N) is 1. The lowest BCUT2D eigenvalue weighted by atomic mass is 9.86. The number of amides is 1. The number of anilines is 3. The maximum absolute atomic E-state index is 12.1. The Bertz CT molecular complexity index is 1210. The number of hydrogen-bond acceptors (Lipinski definition) is 7. The third-order valence-corrected chi connectivity index (χ3v) is 7.29. The van der Waals surface area contributed by atoms with Crippen molar-refractivity contribution < 1.29 is 9.53 Å². The zero-order valence-corrected chi connectivity index (χ0v) is 20.7. The van der Waals surface area contributed by atoms with Gasteiger partial charge in [-0.3, -0.25) is 9.48 Å². The van der Waals surface area contributed by atoms with E-state index in [9.17, 15) is 4.79 Å². The van der Waals surface area contributed by atoms with Crippen molar-refractivity contribution in [1.29, 1.82) is 0 Å². The van der Waals surface area contributed by atoms with Crippen LogP contribution in [0.4, 0.5) is 17.3 Å². The summed E-state index contributed by atoms with van der Waals surface area (Å²) in [6.45, 7) is 2.51. The van der Waals surface area contributed by atoms with E-state index < -0.39 is 0 Å². The van der Waals surface area contributed by atoms with Gasteiger partial charge in [-0.25, -0.2) is 9.97 Å². The van der Waals surface area contributed by atoms with Crippen LogP contribution in [-0.2, 0) is 16.1 Å². The van der Waals surface area contributed by atoms with Gasteiger partial charge >= 0.3 is 0 Å². The van der Waals surface area contributed by atoms with Crippen molar-refractivity contribution in [2.75, 3.05) is 36.5 Å². The Morgan fingerprint density at radius 2 is 1.94 bits per heavy atom. The quantitative estimate of drug-likeness (QED) is 0.483. The second-order valence-electron chi connectivity index (χ2n) is 9.10. The molecule has 0 bridgehead atoms. The molecule has 184 valence electrons. The molecule has 1 saturated heterocycles. The molecule has 1 amide bonds. The van der Waals surface area contributed by atoms with Crippen LogP contribution >= 0.6 is 23.2 Å². The van der Waals surface area contributed by atoms with E-state index in [1.54, 1.807) is 11.1 Å². The Labute approximate surface area is 213 Å². The highest BCUT2D eigenvalue weighted by Gasteiger charge is 2.33. The maximum atomic E-state index is 12.1. The van der Waals surface area contributed by atoms with E-state index in [2.05, 4.69) is 20.4 Å². The second kappa shape index (κ2) is 10.1. The topological polar surface area (TPSA) is 111 Å². The van der Waals surface area contributed by atoms with Crippen molar-refractivity contribution >= 4 is 46.4 Å². The van der Waals surface area contributed by atoms with Gasteiger partial charge in [0.15, 0.2) is 5.15 Å². The van der Waals surface area contributed by atoms with E-state index in [1.165, 1.54) is 12.8 Å². The number of ether oxygens (including phenoxy) is 1. The van der Waals surface area contributed by atoms with Crippen molar-refractivity contribution in [1.82, 2.24) is 19.7 Å². The summed E-state index contributed by atoms with van der Waals surface area (Å²) in [6.07, 6.45) is 7.99. The lowest BCUT2D eigenvalue weighted by Crippen LogP contribution is -2.41. The number of aromatic nitrogens is 4. The van der Waals surface area contributed by atoms with Crippen molar-refractivity contribution in [3.63, 3.8) is 0 Å². The molecule has 5 rings (SSSR count). The highest BCUT2D eigenvalue weighted by atomic mass is 35.5. The van der Waals surface area contributed by atoms with Crippen LogP contribution in [0.3, 0.4) is 0 Å². The average Bonchev–Trinajstić information content (AvgIpc) is 3.48. The molecule has 0 unspecified atom stereocenters. The number of carbonyl (C=O) groups excluding carboxylic acids is 1. The van der Waals surface area contributed by atoms with Crippen LogP contribution in [0.25, 0.3) is 11.3 Å². The molecule has 35 heavy (non-hydrogen) atoms. The Kier molecular flexibility index (Phi) is 6.93. The summed E-state index contributed by atoms with van der Waals surface area (Å²) in [5.41, 5.74) is 8.90. The molecule has 11 heteroatoms. The van der Waals surface area contributed by atoms with Crippen LogP contribution in [-0.4, -0.2) is 52.0 Å². The molecule has 0 radical (unpaired) electrons. The number of rotatable bonds is 7. The molecule has 3 aromatic rings. The number of nitrogens with one attached hydrogen (secondary N) is 1. The molecular weight excluding hydrogens is 489 g/mol. The van der Waals surface area contributed by atoms with E-state index in [4.69, 9.17) is 33.7 Å². The number of halogens is 2. The Morgan fingerprint density at radius 1 is 1.17 bits per heavy atom. The zero-order valence-electron chi connectivity index (χ0n) is 19.2. The van der Waals surface area contributed by atoms with E-state index in [0.29, 0.717) is 47.1 Å². The molecule has 1 aliphatic heterocycles. The fraction of sp³-hybridized carbons (Fsp3) is 0.417. The third kappa shape index (κ3) is 5.13. The molecule has 3 heterocycles. The maximum Gasteiger partial charge on any atom is 0.253 e. The van der Waals surface area contributed by atoms with Gasteiger partial charge in [-0.2, -0.15) is 5.10 Å². The van der Waals surface area contributed by atoms with Crippen LogP contribution in [0.15, 0.2) is 36.7 Å². The van der Waals surface area contributed by atoms with Crippen molar-refractivity contribution in [2.45, 2.75) is 32.2 Å². The van der Waals surface area contributed by atoms with Crippen molar-refractivity contribution in [3.05, 3.63) is 46.8 Å². The third-order valence-electron chi connectivity index (χ3n) is 6.73.